The zero-order valence-electron chi connectivity index (χ0n) is 11.5. The van der Waals surface area contributed by atoms with E-state index in [-0.39, 0.29) is 12.4 Å². The number of hydrogen-bond donors (Lipinski definition) is 1. The number of allylic oxidation sites excluding steroid dienone is 1. The summed E-state index contributed by atoms with van der Waals surface area (Å²) in [6.45, 7) is 0.191. The fraction of sp³-hybridized carbons (Fsp3) is 0.0625. The second kappa shape index (κ2) is 6.06. The molecule has 2 aromatic heterocycles. The van der Waals surface area contributed by atoms with Crippen molar-refractivity contribution in [2.75, 3.05) is 0 Å². The molecule has 1 N–H and O–H groups in total. The lowest BCUT2D eigenvalue weighted by Crippen LogP contribution is -1.99. The number of ether oxygens (including phenoxy) is 1. The summed E-state index contributed by atoms with van der Waals surface area (Å²) in [5.74, 6) is 0.0707. The Balaban J connectivity index is 1.91. The van der Waals surface area contributed by atoms with Gasteiger partial charge >= 0.3 is 0 Å². The number of H-pyrrole nitrogens is 1. The molecule has 0 bridgehead atoms. The number of rotatable bonds is 4. The summed E-state index contributed by atoms with van der Waals surface area (Å²) in [7, 11) is 0. The van der Waals surface area contributed by atoms with E-state index in [1.54, 1.807) is 24.4 Å². The number of nitrogens with zero attached hydrogens (tertiary/aromatic N) is 3. The van der Waals surface area contributed by atoms with Crippen molar-refractivity contribution in [1.82, 2.24) is 15.0 Å². The number of halogens is 1. The molecule has 2 heterocycles. The summed E-state index contributed by atoms with van der Waals surface area (Å²) < 4.78 is 18.9. The predicted molar refractivity (Wildman–Crippen MR) is 79.3 cm³/mol. The average molecular weight is 294 g/mol. The van der Waals surface area contributed by atoms with Crippen molar-refractivity contribution in [1.29, 1.82) is 5.26 Å². The molecule has 0 amide bonds. The van der Waals surface area contributed by atoms with Crippen LogP contribution in [0.2, 0.25) is 0 Å². The first-order valence-corrected chi connectivity index (χ1v) is 6.53. The van der Waals surface area contributed by atoms with E-state index in [2.05, 4.69) is 15.0 Å². The maximum Gasteiger partial charge on any atom is 0.227 e. The number of benzene rings is 1. The molecule has 5 nitrogen and oxygen atoms in total. The highest BCUT2D eigenvalue weighted by atomic mass is 19.1. The molecule has 3 aromatic rings. The van der Waals surface area contributed by atoms with E-state index in [9.17, 15) is 4.39 Å². The van der Waals surface area contributed by atoms with Crippen LogP contribution in [0.15, 0.2) is 42.9 Å². The molecule has 0 fully saturated rings. The molecule has 0 radical (unpaired) electrons. The van der Waals surface area contributed by atoms with E-state index < -0.39 is 0 Å². The molecule has 0 atom stereocenters. The molecule has 1 aromatic carbocycles. The minimum atomic E-state index is -0.312. The zero-order chi connectivity index (χ0) is 15.4. The number of aromatic nitrogens is 3. The van der Waals surface area contributed by atoms with Gasteiger partial charge in [-0.25, -0.2) is 14.4 Å². The van der Waals surface area contributed by atoms with Crippen LogP contribution in [-0.4, -0.2) is 15.0 Å². The van der Waals surface area contributed by atoms with Crippen LogP contribution in [0.3, 0.4) is 0 Å². The molecule has 0 aliphatic rings. The smallest absolute Gasteiger partial charge is 0.227 e. The van der Waals surface area contributed by atoms with Crippen LogP contribution >= 0.6 is 0 Å². The maximum atomic E-state index is 13.2. The highest BCUT2D eigenvalue weighted by Gasteiger charge is 2.11. The van der Waals surface area contributed by atoms with E-state index in [4.69, 9.17) is 10.00 Å². The monoisotopic (exact) mass is 294 g/mol. The lowest BCUT2D eigenvalue weighted by atomic mass is 10.2. The van der Waals surface area contributed by atoms with Crippen LogP contribution in [-0.2, 0) is 6.61 Å². The fourth-order valence-electron chi connectivity index (χ4n) is 2.10. The second-order valence-corrected chi connectivity index (χ2v) is 4.53. The Morgan fingerprint density at radius 3 is 3.09 bits per heavy atom. The van der Waals surface area contributed by atoms with Crippen LogP contribution in [0.5, 0.6) is 5.88 Å². The first kappa shape index (κ1) is 13.8. The third-order valence-electron chi connectivity index (χ3n) is 3.07. The number of aromatic amines is 1. The van der Waals surface area contributed by atoms with Crippen molar-refractivity contribution in [2.45, 2.75) is 6.61 Å². The molecule has 6 heteroatoms. The van der Waals surface area contributed by atoms with Gasteiger partial charge in [0, 0.05) is 17.8 Å². The van der Waals surface area contributed by atoms with Crippen molar-refractivity contribution < 1.29 is 9.13 Å². The Labute approximate surface area is 125 Å². The quantitative estimate of drug-likeness (QED) is 0.750. The van der Waals surface area contributed by atoms with Gasteiger partial charge in [0.1, 0.15) is 24.4 Å². The second-order valence-electron chi connectivity index (χ2n) is 4.53. The van der Waals surface area contributed by atoms with E-state index in [0.717, 1.165) is 5.56 Å². The molecule has 0 aliphatic carbocycles. The Morgan fingerprint density at radius 2 is 2.27 bits per heavy atom. The predicted octanol–water partition coefficient (Wildman–Crippen LogP) is 3.21. The van der Waals surface area contributed by atoms with Gasteiger partial charge in [0.25, 0.3) is 0 Å². The molecule has 0 saturated heterocycles. The van der Waals surface area contributed by atoms with Crippen LogP contribution in [0, 0.1) is 17.1 Å². The lowest BCUT2D eigenvalue weighted by molar-refractivity contribution is 0.297. The summed E-state index contributed by atoms with van der Waals surface area (Å²) in [6, 6.07) is 8.12. The minimum Gasteiger partial charge on any atom is -0.472 e. The van der Waals surface area contributed by atoms with Crippen LogP contribution in [0.4, 0.5) is 4.39 Å². The van der Waals surface area contributed by atoms with Gasteiger partial charge in [0.2, 0.25) is 5.88 Å². The van der Waals surface area contributed by atoms with Crippen LogP contribution in [0.25, 0.3) is 17.1 Å². The highest BCUT2D eigenvalue weighted by Crippen LogP contribution is 2.26. The molecule has 0 unspecified atom stereocenters. The summed E-state index contributed by atoms with van der Waals surface area (Å²) in [5.41, 5.74) is 2.07. The summed E-state index contributed by atoms with van der Waals surface area (Å²) in [6.07, 6.45) is 6.13. The lowest BCUT2D eigenvalue weighted by Gasteiger charge is -2.06. The standard InChI is InChI=1S/C16H11FN4O/c17-13-5-1-3-11(7-13)9-22-16-14-12(4-2-6-18)8-19-15(14)20-10-21-16/h1-5,7-8,10H,9H2,(H,19,20,21)/b4-2-. The van der Waals surface area contributed by atoms with Gasteiger partial charge in [-0.05, 0) is 23.8 Å². The molecule has 3 rings (SSSR count). The van der Waals surface area contributed by atoms with Gasteiger partial charge in [0.05, 0.1) is 11.5 Å². The molecular weight excluding hydrogens is 283 g/mol. The Bertz CT molecular complexity index is 879. The number of hydrogen-bond acceptors (Lipinski definition) is 4. The topological polar surface area (TPSA) is 74.6 Å². The molecule has 0 spiro atoms. The van der Waals surface area contributed by atoms with Crippen molar-refractivity contribution in [2.24, 2.45) is 0 Å². The van der Waals surface area contributed by atoms with Gasteiger partial charge in [-0.2, -0.15) is 5.26 Å². The van der Waals surface area contributed by atoms with Crippen LogP contribution < -0.4 is 4.74 Å². The van der Waals surface area contributed by atoms with Gasteiger partial charge in [-0.15, -0.1) is 0 Å². The SMILES string of the molecule is N#C/C=C\c1c[nH]c2ncnc(OCc3cccc(F)c3)c12. The fourth-order valence-corrected chi connectivity index (χ4v) is 2.10. The third-order valence-corrected chi connectivity index (χ3v) is 3.07. The van der Waals surface area contributed by atoms with E-state index >= 15 is 0 Å². The molecule has 0 saturated carbocycles. The first-order chi connectivity index (χ1) is 10.8. The number of fused-ring (bicyclic) bond motifs is 1. The number of nitrogens with one attached hydrogen (secondary N) is 1. The van der Waals surface area contributed by atoms with Crippen molar-refractivity contribution in [3.05, 3.63) is 59.8 Å². The van der Waals surface area contributed by atoms with Crippen molar-refractivity contribution in [3.8, 4) is 11.9 Å². The van der Waals surface area contributed by atoms with Crippen molar-refractivity contribution in [3.63, 3.8) is 0 Å². The summed E-state index contributed by atoms with van der Waals surface area (Å²) >= 11 is 0. The Morgan fingerprint density at radius 1 is 1.36 bits per heavy atom. The van der Waals surface area contributed by atoms with E-state index in [0.29, 0.717) is 22.5 Å². The summed E-state index contributed by atoms with van der Waals surface area (Å²) in [5, 5.41) is 9.33. The third kappa shape index (κ3) is 2.79. The zero-order valence-corrected chi connectivity index (χ0v) is 11.5. The van der Waals surface area contributed by atoms with E-state index in [1.165, 1.54) is 24.5 Å². The Hall–Kier alpha value is -3.20. The molecule has 0 aliphatic heterocycles. The number of nitriles is 1. The van der Waals surface area contributed by atoms with Crippen LogP contribution in [0.1, 0.15) is 11.1 Å². The largest absolute Gasteiger partial charge is 0.472 e. The van der Waals surface area contributed by atoms with Crippen molar-refractivity contribution >= 4 is 17.1 Å². The normalized spacial score (nSPS) is 10.9. The molecule has 22 heavy (non-hydrogen) atoms. The Kier molecular flexibility index (Phi) is 3.79. The van der Waals surface area contributed by atoms with Gasteiger partial charge in [-0.3, -0.25) is 0 Å². The van der Waals surface area contributed by atoms with Gasteiger partial charge in [-0.1, -0.05) is 12.1 Å². The average Bonchev–Trinajstić information content (AvgIpc) is 2.95. The first-order valence-electron chi connectivity index (χ1n) is 6.53. The maximum absolute atomic E-state index is 13.2. The minimum absolute atomic E-state index is 0.191. The molecule has 108 valence electrons. The van der Waals surface area contributed by atoms with Gasteiger partial charge < -0.3 is 9.72 Å². The summed E-state index contributed by atoms with van der Waals surface area (Å²) in [4.78, 5) is 11.2. The van der Waals surface area contributed by atoms with Gasteiger partial charge in [0.15, 0.2) is 0 Å². The molecular formula is C16H11FN4O. The highest BCUT2D eigenvalue weighted by molar-refractivity contribution is 5.90. The van der Waals surface area contributed by atoms with E-state index in [1.807, 2.05) is 6.07 Å².